The summed E-state index contributed by atoms with van der Waals surface area (Å²) in [7, 11) is -3.68. The van der Waals surface area contributed by atoms with Crippen molar-refractivity contribution in [1.29, 1.82) is 0 Å². The van der Waals surface area contributed by atoms with Crippen LogP contribution in [0.1, 0.15) is 10.7 Å². The Bertz CT molecular complexity index is 1460. The molecule has 0 bridgehead atoms. The number of nitrogens with one attached hydrogen (secondary N) is 1. The molecule has 29 heavy (non-hydrogen) atoms. The van der Waals surface area contributed by atoms with Crippen LogP contribution >= 0.6 is 22.7 Å². The lowest BCUT2D eigenvalue weighted by Crippen LogP contribution is -2.12. The minimum Gasteiger partial charge on any atom is -0.294 e. The number of anilines is 1. The molecule has 0 aliphatic heterocycles. The number of aromatic nitrogens is 3. The lowest BCUT2D eigenvalue weighted by Gasteiger charge is -2.08. The van der Waals surface area contributed by atoms with Gasteiger partial charge in [0.05, 0.1) is 25.8 Å². The van der Waals surface area contributed by atoms with Crippen LogP contribution in [-0.2, 0) is 10.0 Å². The minimum absolute atomic E-state index is 0.225. The lowest BCUT2D eigenvalue weighted by atomic mass is 10.1. The summed E-state index contributed by atoms with van der Waals surface area (Å²) in [6.45, 7) is 3.95. The molecule has 0 saturated carbocycles. The topological polar surface area (TPSA) is 76.4 Å². The van der Waals surface area contributed by atoms with E-state index in [1.54, 1.807) is 41.7 Å². The first-order valence-corrected chi connectivity index (χ1v) is 12.0. The molecule has 9 heteroatoms. The van der Waals surface area contributed by atoms with Gasteiger partial charge in [0.2, 0.25) is 0 Å². The third-order valence-corrected chi connectivity index (χ3v) is 7.87. The Morgan fingerprint density at radius 1 is 1.03 bits per heavy atom. The van der Waals surface area contributed by atoms with E-state index < -0.39 is 10.0 Å². The molecule has 5 aromatic rings. The SMILES string of the molecule is Cc1nc2ccc(S(=O)(=O)Nc3ccc(-c4cn5c(C)csc5n4)cc3)cc2s1. The fraction of sp³-hybridized carbons (Fsp3) is 0.100. The van der Waals surface area contributed by atoms with Gasteiger partial charge in [-0.15, -0.1) is 22.7 Å². The average molecular weight is 441 g/mol. The third kappa shape index (κ3) is 3.31. The Labute approximate surface area is 175 Å². The summed E-state index contributed by atoms with van der Waals surface area (Å²) in [5.41, 5.74) is 4.25. The Kier molecular flexibility index (Phi) is 4.19. The largest absolute Gasteiger partial charge is 0.294 e. The van der Waals surface area contributed by atoms with E-state index in [9.17, 15) is 8.42 Å². The van der Waals surface area contributed by atoms with Gasteiger partial charge in [0.1, 0.15) is 0 Å². The van der Waals surface area contributed by atoms with E-state index in [-0.39, 0.29) is 4.90 Å². The van der Waals surface area contributed by atoms with Crippen LogP contribution in [0.15, 0.2) is 58.9 Å². The predicted octanol–water partition coefficient (Wildman–Crippen LogP) is 5.09. The molecule has 0 aliphatic rings. The van der Waals surface area contributed by atoms with Crippen LogP contribution in [0.2, 0.25) is 0 Å². The maximum absolute atomic E-state index is 12.8. The van der Waals surface area contributed by atoms with Crippen molar-refractivity contribution in [1.82, 2.24) is 14.4 Å². The molecule has 3 aromatic heterocycles. The molecule has 146 valence electrons. The Morgan fingerprint density at radius 2 is 1.83 bits per heavy atom. The van der Waals surface area contributed by atoms with E-state index in [0.717, 1.165) is 37.1 Å². The number of fused-ring (bicyclic) bond motifs is 2. The molecular weight excluding hydrogens is 424 g/mol. The number of thiazole rings is 2. The van der Waals surface area contributed by atoms with Crippen molar-refractivity contribution >= 4 is 53.6 Å². The van der Waals surface area contributed by atoms with Gasteiger partial charge in [-0.25, -0.2) is 18.4 Å². The molecule has 1 N–H and O–H groups in total. The van der Waals surface area contributed by atoms with Gasteiger partial charge in [0.25, 0.3) is 10.0 Å². The first-order chi connectivity index (χ1) is 13.9. The van der Waals surface area contributed by atoms with Gasteiger partial charge in [-0.05, 0) is 44.2 Å². The Morgan fingerprint density at radius 3 is 2.59 bits per heavy atom. The first kappa shape index (κ1) is 18.3. The third-order valence-electron chi connectivity index (χ3n) is 4.60. The average Bonchev–Trinajstić information content (AvgIpc) is 3.36. The molecule has 0 atom stereocenters. The van der Waals surface area contributed by atoms with Crippen LogP contribution in [0.25, 0.3) is 26.4 Å². The smallest absolute Gasteiger partial charge is 0.261 e. The van der Waals surface area contributed by atoms with Crippen LogP contribution in [0.3, 0.4) is 0 Å². The van der Waals surface area contributed by atoms with E-state index in [1.165, 1.54) is 11.3 Å². The van der Waals surface area contributed by atoms with Crippen molar-refractivity contribution in [2.75, 3.05) is 4.72 Å². The van der Waals surface area contributed by atoms with Gasteiger partial charge in [-0.2, -0.15) is 0 Å². The monoisotopic (exact) mass is 440 g/mol. The van der Waals surface area contributed by atoms with E-state index >= 15 is 0 Å². The van der Waals surface area contributed by atoms with E-state index in [0.29, 0.717) is 5.69 Å². The molecule has 0 fully saturated rings. The number of benzene rings is 2. The van der Waals surface area contributed by atoms with E-state index in [1.807, 2.05) is 36.6 Å². The van der Waals surface area contributed by atoms with Crippen molar-refractivity contribution in [3.05, 3.63) is 64.7 Å². The number of hydrogen-bond donors (Lipinski definition) is 1. The molecule has 2 aromatic carbocycles. The highest BCUT2D eigenvalue weighted by Gasteiger charge is 2.16. The highest BCUT2D eigenvalue weighted by atomic mass is 32.2. The molecule has 5 rings (SSSR count). The number of hydrogen-bond acceptors (Lipinski definition) is 6. The Balaban J connectivity index is 1.41. The van der Waals surface area contributed by atoms with Gasteiger partial charge < -0.3 is 0 Å². The number of nitrogens with zero attached hydrogens (tertiary/aromatic N) is 3. The van der Waals surface area contributed by atoms with Crippen molar-refractivity contribution < 1.29 is 8.42 Å². The first-order valence-electron chi connectivity index (χ1n) is 8.83. The summed E-state index contributed by atoms with van der Waals surface area (Å²) < 4.78 is 31.1. The summed E-state index contributed by atoms with van der Waals surface area (Å²) in [6, 6.07) is 12.2. The van der Waals surface area contributed by atoms with Gasteiger partial charge in [-0.1, -0.05) is 12.1 Å². The number of rotatable bonds is 4. The second-order valence-corrected chi connectivity index (χ2v) is 10.5. The van der Waals surface area contributed by atoms with Gasteiger partial charge in [-0.3, -0.25) is 9.12 Å². The summed E-state index contributed by atoms with van der Waals surface area (Å²) in [5, 5.41) is 2.97. The number of imidazole rings is 1. The number of aryl methyl sites for hydroxylation is 2. The van der Waals surface area contributed by atoms with Crippen molar-refractivity contribution in [3.8, 4) is 11.3 Å². The van der Waals surface area contributed by atoms with Crippen molar-refractivity contribution in [2.24, 2.45) is 0 Å². The zero-order valence-corrected chi connectivity index (χ0v) is 18.0. The summed E-state index contributed by atoms with van der Waals surface area (Å²) in [6.07, 6.45) is 1.99. The highest BCUT2D eigenvalue weighted by Crippen LogP contribution is 2.27. The fourth-order valence-corrected chi connectivity index (χ4v) is 6.02. The maximum Gasteiger partial charge on any atom is 0.261 e. The molecule has 0 amide bonds. The van der Waals surface area contributed by atoms with Crippen LogP contribution < -0.4 is 4.72 Å². The normalized spacial score (nSPS) is 12.1. The molecule has 3 heterocycles. The van der Waals surface area contributed by atoms with Crippen LogP contribution in [0.4, 0.5) is 5.69 Å². The molecule has 0 spiro atoms. The van der Waals surface area contributed by atoms with Gasteiger partial charge in [0.15, 0.2) is 4.96 Å². The van der Waals surface area contributed by atoms with Crippen LogP contribution in [0, 0.1) is 13.8 Å². The van der Waals surface area contributed by atoms with Crippen molar-refractivity contribution in [3.63, 3.8) is 0 Å². The highest BCUT2D eigenvalue weighted by molar-refractivity contribution is 7.92. The second-order valence-electron chi connectivity index (χ2n) is 6.70. The fourth-order valence-electron chi connectivity index (χ4n) is 3.14. The molecular formula is C20H16N4O2S3. The summed E-state index contributed by atoms with van der Waals surface area (Å²) in [4.78, 5) is 10.2. The molecule has 0 radical (unpaired) electrons. The van der Waals surface area contributed by atoms with Gasteiger partial charge >= 0.3 is 0 Å². The molecule has 0 unspecified atom stereocenters. The number of sulfonamides is 1. The maximum atomic E-state index is 12.8. The van der Waals surface area contributed by atoms with Crippen molar-refractivity contribution in [2.45, 2.75) is 18.7 Å². The zero-order chi connectivity index (χ0) is 20.2. The van der Waals surface area contributed by atoms with Crippen LogP contribution in [0.5, 0.6) is 0 Å². The minimum atomic E-state index is -3.68. The standard InChI is InChI=1S/C20H16N4O2S3/c1-12-11-27-20-22-18(10-24(12)20)14-3-5-15(6-4-14)23-29(25,26)16-7-8-17-19(9-16)28-13(2)21-17/h3-11,23H,1-2H3. The van der Waals surface area contributed by atoms with E-state index in [4.69, 9.17) is 0 Å². The van der Waals surface area contributed by atoms with Gasteiger partial charge in [0, 0.05) is 28.5 Å². The quantitative estimate of drug-likeness (QED) is 0.422. The molecule has 0 aliphatic carbocycles. The predicted molar refractivity (Wildman–Crippen MR) is 118 cm³/mol. The lowest BCUT2D eigenvalue weighted by molar-refractivity contribution is 0.601. The zero-order valence-electron chi connectivity index (χ0n) is 15.6. The molecule has 6 nitrogen and oxygen atoms in total. The van der Waals surface area contributed by atoms with Crippen LogP contribution in [-0.4, -0.2) is 22.8 Å². The summed E-state index contributed by atoms with van der Waals surface area (Å²) >= 11 is 3.08. The van der Waals surface area contributed by atoms with E-state index in [2.05, 4.69) is 20.1 Å². The second kappa shape index (κ2) is 6.65. The molecule has 0 saturated heterocycles. The summed E-state index contributed by atoms with van der Waals surface area (Å²) in [5.74, 6) is 0. The Hall–Kier alpha value is -2.75.